The van der Waals surface area contributed by atoms with Gasteiger partial charge in [0.1, 0.15) is 0 Å². The highest BCUT2D eigenvalue weighted by Crippen LogP contribution is 2.05. The topological polar surface area (TPSA) is 21.1 Å². The summed E-state index contributed by atoms with van der Waals surface area (Å²) < 4.78 is 2.96. The van der Waals surface area contributed by atoms with Crippen LogP contribution in [0, 0.1) is 0 Å². The van der Waals surface area contributed by atoms with Crippen molar-refractivity contribution < 1.29 is 0 Å². The van der Waals surface area contributed by atoms with E-state index < -0.39 is 0 Å². The third-order valence-corrected chi connectivity index (χ3v) is 1.79. The Morgan fingerprint density at radius 2 is 2.36 bits per heavy atom. The molecule has 0 aliphatic carbocycles. The average Bonchev–Trinajstić information content (AvgIpc) is 2.31. The zero-order valence-corrected chi connectivity index (χ0v) is 8.37. The Morgan fingerprint density at radius 1 is 1.64 bits per heavy atom. The standard InChI is InChI=1S/C7H12BrN3/c1-10(2)3-4-11-6-7(8)5-9-11/h5-6H,3-4H2,1-2H3. The fraction of sp³-hybridized carbons (Fsp3) is 0.571. The molecular weight excluding hydrogens is 206 g/mol. The van der Waals surface area contributed by atoms with Gasteiger partial charge in [-0.05, 0) is 30.0 Å². The molecule has 0 unspecified atom stereocenters. The average molecular weight is 218 g/mol. The van der Waals surface area contributed by atoms with Gasteiger partial charge in [-0.2, -0.15) is 5.10 Å². The number of hydrogen-bond acceptors (Lipinski definition) is 2. The van der Waals surface area contributed by atoms with E-state index in [0.29, 0.717) is 0 Å². The molecule has 0 bridgehead atoms. The van der Waals surface area contributed by atoms with Crippen LogP contribution in [0.15, 0.2) is 16.9 Å². The summed E-state index contributed by atoms with van der Waals surface area (Å²) in [7, 11) is 4.11. The van der Waals surface area contributed by atoms with Gasteiger partial charge in [-0.3, -0.25) is 4.68 Å². The Bertz CT molecular complexity index is 219. The van der Waals surface area contributed by atoms with Gasteiger partial charge in [-0.1, -0.05) is 0 Å². The number of aromatic nitrogens is 2. The van der Waals surface area contributed by atoms with Crippen LogP contribution in [0.25, 0.3) is 0 Å². The van der Waals surface area contributed by atoms with Crippen LogP contribution in [0.4, 0.5) is 0 Å². The quantitative estimate of drug-likeness (QED) is 0.760. The lowest BCUT2D eigenvalue weighted by atomic mass is 10.6. The second-order valence-corrected chi connectivity index (χ2v) is 3.64. The van der Waals surface area contributed by atoms with Crippen LogP contribution in [-0.2, 0) is 6.54 Å². The summed E-state index contributed by atoms with van der Waals surface area (Å²) in [6.07, 6.45) is 3.78. The Labute approximate surface area is 75.1 Å². The maximum absolute atomic E-state index is 4.13. The first-order valence-corrected chi connectivity index (χ1v) is 4.30. The van der Waals surface area contributed by atoms with E-state index in [2.05, 4.69) is 40.0 Å². The van der Waals surface area contributed by atoms with E-state index in [1.165, 1.54) is 0 Å². The van der Waals surface area contributed by atoms with Crippen LogP contribution in [0.1, 0.15) is 0 Å². The molecule has 11 heavy (non-hydrogen) atoms. The smallest absolute Gasteiger partial charge is 0.0632 e. The number of hydrogen-bond donors (Lipinski definition) is 0. The van der Waals surface area contributed by atoms with Gasteiger partial charge >= 0.3 is 0 Å². The molecular formula is C7H12BrN3. The van der Waals surface area contributed by atoms with Gasteiger partial charge in [-0.15, -0.1) is 0 Å². The van der Waals surface area contributed by atoms with E-state index in [4.69, 9.17) is 0 Å². The van der Waals surface area contributed by atoms with Gasteiger partial charge in [0.15, 0.2) is 0 Å². The van der Waals surface area contributed by atoms with Crippen molar-refractivity contribution in [2.75, 3.05) is 20.6 Å². The Kier molecular flexibility index (Phi) is 3.08. The molecule has 0 aliphatic heterocycles. The second-order valence-electron chi connectivity index (χ2n) is 2.72. The lowest BCUT2D eigenvalue weighted by molar-refractivity contribution is 0.373. The van der Waals surface area contributed by atoms with Crippen molar-refractivity contribution in [2.45, 2.75) is 6.54 Å². The molecule has 0 aliphatic rings. The predicted octanol–water partition coefficient (Wildman–Crippen LogP) is 1.21. The Morgan fingerprint density at radius 3 is 2.82 bits per heavy atom. The third kappa shape index (κ3) is 3.03. The maximum Gasteiger partial charge on any atom is 0.0632 e. The molecule has 1 heterocycles. The molecule has 0 N–H and O–H groups in total. The minimum atomic E-state index is 0.943. The van der Waals surface area contributed by atoms with Crippen LogP contribution < -0.4 is 0 Å². The van der Waals surface area contributed by atoms with E-state index in [9.17, 15) is 0 Å². The van der Waals surface area contributed by atoms with Gasteiger partial charge in [0.2, 0.25) is 0 Å². The van der Waals surface area contributed by atoms with Crippen molar-refractivity contribution in [1.82, 2.24) is 14.7 Å². The van der Waals surface area contributed by atoms with Crippen molar-refractivity contribution in [3.63, 3.8) is 0 Å². The highest BCUT2D eigenvalue weighted by atomic mass is 79.9. The Hall–Kier alpha value is -0.350. The molecule has 0 fully saturated rings. The first-order chi connectivity index (χ1) is 5.18. The van der Waals surface area contributed by atoms with Crippen molar-refractivity contribution >= 4 is 15.9 Å². The number of likely N-dealkylation sites (N-methyl/N-ethyl adjacent to an activating group) is 1. The first-order valence-electron chi connectivity index (χ1n) is 3.51. The Balaban J connectivity index is 2.39. The van der Waals surface area contributed by atoms with Gasteiger partial charge in [0.25, 0.3) is 0 Å². The number of halogens is 1. The van der Waals surface area contributed by atoms with Crippen LogP contribution in [0.5, 0.6) is 0 Å². The highest BCUT2D eigenvalue weighted by Gasteiger charge is 1.94. The van der Waals surface area contributed by atoms with Gasteiger partial charge < -0.3 is 4.90 Å². The van der Waals surface area contributed by atoms with E-state index in [1.54, 1.807) is 6.20 Å². The molecule has 4 heteroatoms. The molecule has 0 radical (unpaired) electrons. The van der Waals surface area contributed by atoms with Crippen LogP contribution >= 0.6 is 15.9 Å². The van der Waals surface area contributed by atoms with Crippen molar-refractivity contribution in [3.05, 3.63) is 16.9 Å². The van der Waals surface area contributed by atoms with E-state index in [0.717, 1.165) is 17.6 Å². The first kappa shape index (κ1) is 8.74. The summed E-state index contributed by atoms with van der Waals surface area (Å²) in [5.74, 6) is 0. The van der Waals surface area contributed by atoms with Gasteiger partial charge in [-0.25, -0.2) is 0 Å². The number of nitrogens with zero attached hydrogens (tertiary/aromatic N) is 3. The lowest BCUT2D eigenvalue weighted by Gasteiger charge is -2.08. The molecule has 0 aromatic carbocycles. The fourth-order valence-electron chi connectivity index (χ4n) is 0.763. The molecule has 1 aromatic rings. The van der Waals surface area contributed by atoms with Gasteiger partial charge in [0.05, 0.1) is 17.2 Å². The molecule has 1 aromatic heterocycles. The monoisotopic (exact) mass is 217 g/mol. The highest BCUT2D eigenvalue weighted by molar-refractivity contribution is 9.10. The summed E-state index contributed by atoms with van der Waals surface area (Å²) >= 11 is 3.34. The normalized spacial score (nSPS) is 10.9. The second kappa shape index (κ2) is 3.88. The predicted molar refractivity (Wildman–Crippen MR) is 48.5 cm³/mol. The molecule has 0 spiro atoms. The van der Waals surface area contributed by atoms with Crippen molar-refractivity contribution in [2.24, 2.45) is 0 Å². The molecule has 0 saturated heterocycles. The fourth-order valence-corrected chi connectivity index (χ4v) is 1.09. The largest absolute Gasteiger partial charge is 0.308 e. The zero-order valence-electron chi connectivity index (χ0n) is 6.79. The minimum absolute atomic E-state index is 0.943. The summed E-state index contributed by atoms with van der Waals surface area (Å²) in [5, 5.41) is 4.13. The van der Waals surface area contributed by atoms with E-state index in [1.807, 2.05) is 10.9 Å². The minimum Gasteiger partial charge on any atom is -0.308 e. The lowest BCUT2D eigenvalue weighted by Crippen LogP contribution is -2.18. The van der Waals surface area contributed by atoms with Crippen molar-refractivity contribution in [3.8, 4) is 0 Å². The SMILES string of the molecule is CN(C)CCn1cc(Br)cn1. The maximum atomic E-state index is 4.13. The zero-order chi connectivity index (χ0) is 8.27. The molecule has 1 rings (SSSR count). The summed E-state index contributed by atoms with van der Waals surface area (Å²) in [4.78, 5) is 2.13. The molecule has 62 valence electrons. The molecule has 0 saturated carbocycles. The van der Waals surface area contributed by atoms with Crippen LogP contribution in [0.3, 0.4) is 0 Å². The van der Waals surface area contributed by atoms with E-state index in [-0.39, 0.29) is 0 Å². The summed E-state index contributed by atoms with van der Waals surface area (Å²) in [5.41, 5.74) is 0. The third-order valence-electron chi connectivity index (χ3n) is 1.38. The summed E-state index contributed by atoms with van der Waals surface area (Å²) in [6, 6.07) is 0. The van der Waals surface area contributed by atoms with Crippen molar-refractivity contribution in [1.29, 1.82) is 0 Å². The van der Waals surface area contributed by atoms with Crippen LogP contribution in [-0.4, -0.2) is 35.3 Å². The number of rotatable bonds is 3. The molecule has 0 atom stereocenters. The van der Waals surface area contributed by atoms with E-state index >= 15 is 0 Å². The molecule has 0 amide bonds. The van der Waals surface area contributed by atoms with Crippen LogP contribution in [0.2, 0.25) is 0 Å². The molecule has 3 nitrogen and oxygen atoms in total. The summed E-state index contributed by atoms with van der Waals surface area (Å²) in [6.45, 7) is 1.96. The van der Waals surface area contributed by atoms with Gasteiger partial charge in [0, 0.05) is 12.7 Å².